The van der Waals surface area contributed by atoms with Gasteiger partial charge in [0.15, 0.2) is 21.1 Å². The van der Waals surface area contributed by atoms with Gasteiger partial charge in [-0.3, -0.25) is 10.1 Å². The van der Waals surface area contributed by atoms with Crippen LogP contribution < -0.4 is 5.32 Å². The number of sulfone groups is 1. The lowest BCUT2D eigenvalue weighted by atomic mass is 10.1. The van der Waals surface area contributed by atoms with Gasteiger partial charge >= 0.3 is 6.18 Å². The van der Waals surface area contributed by atoms with Gasteiger partial charge in [0.25, 0.3) is 5.91 Å². The van der Waals surface area contributed by atoms with Crippen LogP contribution in [-0.2, 0) is 20.8 Å². The Kier molecular flexibility index (Phi) is 5.96. The Bertz CT molecular complexity index is 1080. The number of amides is 1. The molecule has 1 aromatic heterocycles. The number of nitriles is 1. The lowest BCUT2D eigenvalue weighted by molar-refractivity contribution is -0.141. The number of hydrogen-bond donors (Lipinski definition) is 2. The monoisotopic (exact) mass is 428 g/mol. The van der Waals surface area contributed by atoms with E-state index in [-0.39, 0.29) is 4.90 Å². The largest absolute Gasteiger partial charge is 0.434 e. The smallest absolute Gasteiger partial charge is 0.379 e. The zero-order valence-corrected chi connectivity index (χ0v) is 16.0. The number of hydrogen-bond acceptors (Lipinski definition) is 7. The van der Waals surface area contributed by atoms with Crippen molar-refractivity contribution in [1.82, 2.24) is 9.97 Å². The maximum absolute atomic E-state index is 12.9. The van der Waals surface area contributed by atoms with Crippen LogP contribution in [0.25, 0.3) is 0 Å². The number of aromatic nitrogens is 2. The first-order valence-electron chi connectivity index (χ1n) is 7.94. The Morgan fingerprint density at radius 1 is 1.28 bits per heavy atom. The molecular weight excluding hydrogens is 413 g/mol. The van der Waals surface area contributed by atoms with Gasteiger partial charge in [-0.25, -0.2) is 18.4 Å². The Balaban J connectivity index is 2.25. The van der Waals surface area contributed by atoms with Gasteiger partial charge < -0.3 is 5.11 Å². The van der Waals surface area contributed by atoms with E-state index in [4.69, 9.17) is 5.26 Å². The minimum atomic E-state index is -4.98. The molecule has 0 bridgehead atoms. The number of alkyl halides is 3. The average molecular weight is 428 g/mol. The van der Waals surface area contributed by atoms with Crippen LogP contribution in [0.15, 0.2) is 35.4 Å². The number of carbonyl (C=O) groups excluding carboxylic acids is 1. The van der Waals surface area contributed by atoms with E-state index in [1.807, 2.05) is 5.32 Å². The van der Waals surface area contributed by atoms with Crippen molar-refractivity contribution in [2.24, 2.45) is 0 Å². The van der Waals surface area contributed by atoms with Crippen molar-refractivity contribution in [2.45, 2.75) is 30.5 Å². The average Bonchev–Trinajstić information content (AvgIpc) is 2.60. The molecule has 2 N–H and O–H groups in total. The summed E-state index contributed by atoms with van der Waals surface area (Å²) in [7, 11) is -4.09. The van der Waals surface area contributed by atoms with Crippen LogP contribution in [0.1, 0.15) is 23.7 Å². The van der Waals surface area contributed by atoms with Gasteiger partial charge in [-0.2, -0.15) is 18.4 Å². The van der Waals surface area contributed by atoms with E-state index < -0.39 is 50.5 Å². The second-order valence-electron chi connectivity index (χ2n) is 6.37. The summed E-state index contributed by atoms with van der Waals surface area (Å²) in [5.74, 6) is -3.20. The van der Waals surface area contributed by atoms with Gasteiger partial charge in [0, 0.05) is 0 Å². The molecule has 0 aliphatic carbocycles. The van der Waals surface area contributed by atoms with Crippen LogP contribution in [0, 0.1) is 18.3 Å². The van der Waals surface area contributed by atoms with E-state index in [0.29, 0.717) is 6.20 Å². The van der Waals surface area contributed by atoms with E-state index in [9.17, 15) is 31.5 Å². The molecule has 154 valence electrons. The summed E-state index contributed by atoms with van der Waals surface area (Å²) in [6, 6.07) is 6.95. The van der Waals surface area contributed by atoms with Gasteiger partial charge in [0.05, 0.1) is 16.8 Å². The van der Waals surface area contributed by atoms with Gasteiger partial charge in [-0.1, -0.05) is 17.7 Å². The molecule has 2 rings (SSSR count). The number of nitrogens with one attached hydrogen (secondary N) is 1. The summed E-state index contributed by atoms with van der Waals surface area (Å²) in [6.07, 6.45) is -4.42. The Hall–Kier alpha value is -3.04. The van der Waals surface area contributed by atoms with Crippen molar-refractivity contribution in [3.05, 3.63) is 47.3 Å². The summed E-state index contributed by atoms with van der Waals surface area (Å²) in [5, 5.41) is 20.9. The van der Waals surface area contributed by atoms with E-state index in [0.717, 1.165) is 12.5 Å². The first-order valence-corrected chi connectivity index (χ1v) is 9.59. The molecule has 29 heavy (non-hydrogen) atoms. The maximum Gasteiger partial charge on any atom is 0.434 e. The molecule has 0 fully saturated rings. The molecule has 12 heteroatoms. The third-order valence-corrected chi connectivity index (χ3v) is 5.68. The third-order valence-electron chi connectivity index (χ3n) is 3.74. The fraction of sp³-hybridized carbons (Fsp3) is 0.294. The molecule has 0 aliphatic heterocycles. The van der Waals surface area contributed by atoms with Crippen molar-refractivity contribution in [3.63, 3.8) is 0 Å². The molecule has 1 heterocycles. The van der Waals surface area contributed by atoms with Gasteiger partial charge in [-0.15, -0.1) is 0 Å². The van der Waals surface area contributed by atoms with E-state index in [1.165, 1.54) is 30.3 Å². The molecule has 2 aromatic rings. The van der Waals surface area contributed by atoms with Crippen LogP contribution in [0.4, 0.5) is 19.1 Å². The van der Waals surface area contributed by atoms with Gasteiger partial charge in [-0.05, 0) is 26.0 Å². The highest BCUT2D eigenvalue weighted by Crippen LogP contribution is 2.30. The molecule has 0 unspecified atom stereocenters. The number of carbonyl (C=O) groups is 1. The summed E-state index contributed by atoms with van der Waals surface area (Å²) in [5.41, 5.74) is -4.13. The summed E-state index contributed by atoms with van der Waals surface area (Å²) in [4.78, 5) is 18.6. The second-order valence-corrected chi connectivity index (χ2v) is 8.36. The van der Waals surface area contributed by atoms with Crippen LogP contribution in [0.2, 0.25) is 0 Å². The maximum atomic E-state index is 12.9. The zero-order valence-electron chi connectivity index (χ0n) is 15.1. The van der Waals surface area contributed by atoms with Crippen molar-refractivity contribution >= 4 is 21.7 Å². The molecule has 0 saturated carbocycles. The van der Waals surface area contributed by atoms with Crippen LogP contribution >= 0.6 is 0 Å². The van der Waals surface area contributed by atoms with E-state index in [2.05, 4.69) is 9.97 Å². The van der Waals surface area contributed by atoms with Crippen LogP contribution in [0.5, 0.6) is 0 Å². The first-order chi connectivity index (χ1) is 13.3. The SMILES string of the molecule is Cc1ccc(S(=O)(=O)C[C@](C)(O)C(=O)Nc2ncc(C#N)c(C(F)(F)F)n2)cc1. The third kappa shape index (κ3) is 5.27. The van der Waals surface area contributed by atoms with Gasteiger partial charge in [0.1, 0.15) is 11.6 Å². The normalized spacial score (nSPS) is 14.0. The fourth-order valence-corrected chi connectivity index (χ4v) is 3.83. The highest BCUT2D eigenvalue weighted by atomic mass is 32.2. The molecular formula is C17H15F3N4O4S. The summed E-state index contributed by atoms with van der Waals surface area (Å²) < 4.78 is 63.7. The number of nitrogens with zero attached hydrogens (tertiary/aromatic N) is 3. The standard InChI is InChI=1S/C17H15F3N4O4S/c1-10-3-5-12(6-4-10)29(27,28)9-16(2,26)14(25)24-15-22-8-11(7-21)13(23-15)17(18,19)20/h3-6,8,26H,9H2,1-2H3,(H,22,23,24,25)/t16-/m0/s1. The number of halogens is 3. The van der Waals surface area contributed by atoms with Crippen LogP contribution in [0.3, 0.4) is 0 Å². The van der Waals surface area contributed by atoms with Crippen LogP contribution in [-0.4, -0.2) is 40.8 Å². The molecule has 8 nitrogen and oxygen atoms in total. The lowest BCUT2D eigenvalue weighted by Crippen LogP contribution is -2.46. The van der Waals surface area contributed by atoms with Crippen molar-refractivity contribution < 1.29 is 31.5 Å². The first kappa shape index (κ1) is 22.3. The summed E-state index contributed by atoms with van der Waals surface area (Å²) in [6.45, 7) is 2.63. The quantitative estimate of drug-likeness (QED) is 0.742. The Morgan fingerprint density at radius 3 is 2.38 bits per heavy atom. The minimum Gasteiger partial charge on any atom is -0.379 e. The molecule has 0 aliphatic rings. The molecule has 0 radical (unpaired) electrons. The molecule has 1 amide bonds. The molecule has 0 spiro atoms. The number of aliphatic hydroxyl groups is 1. The zero-order chi connectivity index (χ0) is 22.0. The lowest BCUT2D eigenvalue weighted by Gasteiger charge is -2.22. The molecule has 1 aromatic carbocycles. The van der Waals surface area contributed by atoms with E-state index in [1.54, 1.807) is 6.92 Å². The molecule has 1 atom stereocenters. The van der Waals surface area contributed by atoms with Crippen molar-refractivity contribution in [3.8, 4) is 6.07 Å². The predicted molar refractivity (Wildman–Crippen MR) is 94.2 cm³/mol. The highest BCUT2D eigenvalue weighted by Gasteiger charge is 2.39. The number of aryl methyl sites for hydroxylation is 1. The van der Waals surface area contributed by atoms with E-state index >= 15 is 0 Å². The minimum absolute atomic E-state index is 0.134. The van der Waals surface area contributed by atoms with Gasteiger partial charge in [0.2, 0.25) is 5.95 Å². The number of rotatable bonds is 5. The second kappa shape index (κ2) is 7.76. The molecule has 0 saturated heterocycles. The van der Waals surface area contributed by atoms with Crippen molar-refractivity contribution in [1.29, 1.82) is 5.26 Å². The predicted octanol–water partition coefficient (Wildman–Crippen LogP) is 1.84. The number of anilines is 1. The van der Waals surface area contributed by atoms with Crippen molar-refractivity contribution in [2.75, 3.05) is 11.1 Å². The Morgan fingerprint density at radius 2 is 1.86 bits per heavy atom. The Labute approximate surface area is 164 Å². The topological polar surface area (TPSA) is 133 Å². The fourth-order valence-electron chi connectivity index (χ4n) is 2.24. The number of benzene rings is 1. The summed E-state index contributed by atoms with van der Waals surface area (Å²) >= 11 is 0. The highest BCUT2D eigenvalue weighted by molar-refractivity contribution is 7.91.